The Morgan fingerprint density at radius 2 is 1.97 bits per heavy atom. The summed E-state index contributed by atoms with van der Waals surface area (Å²) >= 11 is 5.79. The molecule has 0 radical (unpaired) electrons. The fraction of sp³-hybridized carbons (Fsp3) is 0.273. The molecule has 0 spiro atoms. The first-order valence-corrected chi connectivity index (χ1v) is 11.5. The summed E-state index contributed by atoms with van der Waals surface area (Å²) < 4.78 is 32.8. The largest absolute Gasteiger partial charge is 0.468 e. The van der Waals surface area contributed by atoms with Gasteiger partial charge in [-0.2, -0.15) is 4.31 Å². The molecule has 0 unspecified atom stereocenters. The van der Waals surface area contributed by atoms with Crippen molar-refractivity contribution < 1.29 is 17.6 Å². The van der Waals surface area contributed by atoms with Gasteiger partial charge in [-0.15, -0.1) is 0 Å². The fourth-order valence-electron chi connectivity index (χ4n) is 3.15. The maximum atomic E-state index is 13.2. The number of rotatable bonds is 8. The van der Waals surface area contributed by atoms with E-state index in [9.17, 15) is 13.2 Å². The molecule has 31 heavy (non-hydrogen) atoms. The number of amides is 1. The van der Waals surface area contributed by atoms with Crippen molar-refractivity contribution in [3.63, 3.8) is 0 Å². The number of anilines is 1. The second-order valence-electron chi connectivity index (χ2n) is 7.41. The van der Waals surface area contributed by atoms with Crippen molar-refractivity contribution in [2.24, 2.45) is 0 Å². The minimum absolute atomic E-state index is 0.0602. The van der Waals surface area contributed by atoms with Crippen LogP contribution < -0.4 is 5.32 Å². The number of sulfonamides is 1. The highest BCUT2D eigenvalue weighted by atomic mass is 35.5. The Hall–Kier alpha value is -2.68. The third kappa shape index (κ3) is 5.52. The molecular formula is C22H24ClN3O4S. The molecule has 0 aliphatic heterocycles. The molecule has 1 aromatic carbocycles. The Morgan fingerprint density at radius 3 is 2.58 bits per heavy atom. The van der Waals surface area contributed by atoms with Gasteiger partial charge in [0.2, 0.25) is 15.9 Å². The molecule has 7 nitrogen and oxygen atoms in total. The number of nitrogens with zero attached hydrogens (tertiary/aromatic N) is 2. The summed E-state index contributed by atoms with van der Waals surface area (Å²) in [4.78, 5) is 16.7. The number of furan rings is 1. The van der Waals surface area contributed by atoms with Crippen LogP contribution >= 0.6 is 11.6 Å². The van der Waals surface area contributed by atoms with Gasteiger partial charge in [-0.25, -0.2) is 13.4 Å². The molecule has 164 valence electrons. The monoisotopic (exact) mass is 461 g/mol. The Labute approximate surface area is 187 Å². The topological polar surface area (TPSA) is 92.5 Å². The molecule has 0 atom stereocenters. The zero-order chi connectivity index (χ0) is 22.6. The molecule has 0 fully saturated rings. The molecule has 0 saturated heterocycles. The first kappa shape index (κ1) is 23.0. The van der Waals surface area contributed by atoms with E-state index in [1.54, 1.807) is 12.1 Å². The Morgan fingerprint density at radius 1 is 1.19 bits per heavy atom. The SMILES string of the molecule is Cc1cccc(C(C)C)c1NC(=O)CN(Cc1ccco1)S(=O)(=O)c1ccc(Cl)nc1. The van der Waals surface area contributed by atoms with E-state index in [1.165, 1.54) is 24.6 Å². The quantitative estimate of drug-likeness (QED) is 0.495. The minimum Gasteiger partial charge on any atom is -0.468 e. The van der Waals surface area contributed by atoms with E-state index in [1.807, 2.05) is 39.0 Å². The van der Waals surface area contributed by atoms with Gasteiger partial charge >= 0.3 is 0 Å². The number of para-hydroxylation sites is 1. The molecule has 1 amide bonds. The number of carbonyl (C=O) groups excluding carboxylic acids is 1. The van der Waals surface area contributed by atoms with E-state index in [4.69, 9.17) is 16.0 Å². The average Bonchev–Trinajstić information content (AvgIpc) is 3.22. The van der Waals surface area contributed by atoms with Gasteiger partial charge in [0.05, 0.1) is 19.4 Å². The molecule has 2 aromatic heterocycles. The van der Waals surface area contributed by atoms with Crippen molar-refractivity contribution in [3.05, 3.63) is 77.0 Å². The molecule has 0 saturated carbocycles. The third-order valence-corrected chi connectivity index (χ3v) is 6.76. The molecule has 3 rings (SSSR count). The zero-order valence-corrected chi connectivity index (χ0v) is 19.1. The van der Waals surface area contributed by atoms with Crippen molar-refractivity contribution in [3.8, 4) is 0 Å². The van der Waals surface area contributed by atoms with Gasteiger partial charge in [0, 0.05) is 11.9 Å². The first-order valence-electron chi connectivity index (χ1n) is 9.72. The summed E-state index contributed by atoms with van der Waals surface area (Å²) in [5.41, 5.74) is 2.59. The first-order chi connectivity index (χ1) is 14.7. The molecule has 3 aromatic rings. The van der Waals surface area contributed by atoms with E-state index < -0.39 is 22.5 Å². The van der Waals surface area contributed by atoms with Crippen LogP contribution in [0.3, 0.4) is 0 Å². The van der Waals surface area contributed by atoms with Gasteiger partial charge in [0.1, 0.15) is 15.8 Å². The van der Waals surface area contributed by atoms with Crippen LogP contribution in [0.4, 0.5) is 5.69 Å². The molecule has 2 heterocycles. The number of aromatic nitrogens is 1. The number of pyridine rings is 1. The Bertz CT molecular complexity index is 1140. The van der Waals surface area contributed by atoms with Gasteiger partial charge in [0.25, 0.3) is 0 Å². The maximum Gasteiger partial charge on any atom is 0.245 e. The number of hydrogen-bond donors (Lipinski definition) is 1. The van der Waals surface area contributed by atoms with Crippen LogP contribution in [0.5, 0.6) is 0 Å². The third-order valence-electron chi connectivity index (χ3n) is 4.76. The highest BCUT2D eigenvalue weighted by Gasteiger charge is 2.28. The molecular weight excluding hydrogens is 438 g/mol. The van der Waals surface area contributed by atoms with Crippen LogP contribution in [0.2, 0.25) is 5.15 Å². The normalized spacial score (nSPS) is 11.8. The predicted molar refractivity (Wildman–Crippen MR) is 119 cm³/mol. The van der Waals surface area contributed by atoms with Crippen molar-refractivity contribution >= 4 is 33.2 Å². The second-order valence-corrected chi connectivity index (χ2v) is 9.74. The lowest BCUT2D eigenvalue weighted by Gasteiger charge is -2.22. The van der Waals surface area contributed by atoms with Gasteiger partial charge in [-0.05, 0) is 48.2 Å². The Balaban J connectivity index is 1.89. The maximum absolute atomic E-state index is 13.2. The summed E-state index contributed by atoms with van der Waals surface area (Å²) in [6.45, 7) is 5.48. The van der Waals surface area contributed by atoms with Crippen LogP contribution in [0.1, 0.15) is 36.7 Å². The standard InChI is InChI=1S/C22H24ClN3O4S/c1-15(2)19-8-4-6-16(3)22(19)25-21(27)14-26(13-17-7-5-11-30-17)31(28,29)18-9-10-20(23)24-12-18/h4-12,15H,13-14H2,1-3H3,(H,25,27). The van der Waals surface area contributed by atoms with Crippen LogP contribution in [0.15, 0.2) is 64.2 Å². The van der Waals surface area contributed by atoms with Gasteiger partial charge in [0.15, 0.2) is 0 Å². The lowest BCUT2D eigenvalue weighted by atomic mass is 9.98. The smallest absolute Gasteiger partial charge is 0.245 e. The van der Waals surface area contributed by atoms with Crippen LogP contribution in [-0.2, 0) is 21.4 Å². The summed E-state index contributed by atoms with van der Waals surface area (Å²) in [7, 11) is -4.03. The average molecular weight is 462 g/mol. The summed E-state index contributed by atoms with van der Waals surface area (Å²) in [5.74, 6) is 0.156. The van der Waals surface area contributed by atoms with E-state index in [-0.39, 0.29) is 22.5 Å². The predicted octanol–water partition coefficient (Wildman–Crippen LogP) is 4.59. The fourth-order valence-corrected chi connectivity index (χ4v) is 4.57. The van der Waals surface area contributed by atoms with Crippen molar-refractivity contribution in [1.29, 1.82) is 0 Å². The highest BCUT2D eigenvalue weighted by Crippen LogP contribution is 2.27. The highest BCUT2D eigenvalue weighted by molar-refractivity contribution is 7.89. The summed E-state index contributed by atoms with van der Waals surface area (Å²) in [6.07, 6.45) is 2.62. The number of halogens is 1. The van der Waals surface area contributed by atoms with E-state index in [2.05, 4.69) is 10.3 Å². The summed E-state index contributed by atoms with van der Waals surface area (Å²) in [6, 6.07) is 11.8. The van der Waals surface area contributed by atoms with Crippen LogP contribution in [0.25, 0.3) is 0 Å². The summed E-state index contributed by atoms with van der Waals surface area (Å²) in [5, 5.41) is 3.07. The van der Waals surface area contributed by atoms with E-state index in [0.29, 0.717) is 11.4 Å². The van der Waals surface area contributed by atoms with Crippen molar-refractivity contribution in [2.45, 2.75) is 38.1 Å². The number of nitrogens with one attached hydrogen (secondary N) is 1. The van der Waals surface area contributed by atoms with Gasteiger partial charge < -0.3 is 9.73 Å². The molecule has 1 N–H and O–H groups in total. The molecule has 0 aliphatic rings. The Kier molecular flexibility index (Phi) is 7.15. The number of hydrogen-bond acceptors (Lipinski definition) is 5. The number of carbonyl (C=O) groups is 1. The lowest BCUT2D eigenvalue weighted by Crippen LogP contribution is -2.37. The zero-order valence-electron chi connectivity index (χ0n) is 17.5. The second kappa shape index (κ2) is 9.64. The van der Waals surface area contributed by atoms with E-state index in [0.717, 1.165) is 15.4 Å². The van der Waals surface area contributed by atoms with Crippen molar-refractivity contribution in [2.75, 3.05) is 11.9 Å². The molecule has 9 heteroatoms. The van der Waals surface area contributed by atoms with E-state index >= 15 is 0 Å². The molecule has 0 aliphatic carbocycles. The van der Waals surface area contributed by atoms with Gasteiger partial charge in [-0.3, -0.25) is 4.79 Å². The van der Waals surface area contributed by atoms with Crippen molar-refractivity contribution in [1.82, 2.24) is 9.29 Å². The number of aryl methyl sites for hydroxylation is 1. The van der Waals surface area contributed by atoms with Crippen LogP contribution in [-0.4, -0.2) is 30.2 Å². The lowest BCUT2D eigenvalue weighted by molar-refractivity contribution is -0.116. The van der Waals surface area contributed by atoms with Crippen LogP contribution in [0, 0.1) is 6.92 Å². The molecule has 0 bridgehead atoms. The number of benzene rings is 1. The van der Waals surface area contributed by atoms with Gasteiger partial charge in [-0.1, -0.05) is 43.6 Å². The minimum atomic E-state index is -4.03.